The van der Waals surface area contributed by atoms with Crippen LogP contribution in [0.25, 0.3) is 10.8 Å². The highest BCUT2D eigenvalue weighted by Crippen LogP contribution is 2.45. The number of benzene rings is 4. The van der Waals surface area contributed by atoms with Gasteiger partial charge in [0.2, 0.25) is 17.2 Å². The van der Waals surface area contributed by atoms with Crippen LogP contribution in [0.15, 0.2) is 96.5 Å². The van der Waals surface area contributed by atoms with Crippen LogP contribution in [0.4, 0.5) is 34.6 Å². The first-order valence-corrected chi connectivity index (χ1v) is 21.5. The normalized spacial score (nSPS) is 12.7. The van der Waals surface area contributed by atoms with E-state index >= 15 is 0 Å². The molecule has 0 aliphatic heterocycles. The van der Waals surface area contributed by atoms with Crippen molar-refractivity contribution in [1.82, 2.24) is 15.0 Å². The Bertz CT molecular complexity index is 2800. The van der Waals surface area contributed by atoms with Gasteiger partial charge in [-0.1, -0.05) is 11.1 Å². The molecule has 7 N–H and O–H groups in total. The zero-order valence-electron chi connectivity index (χ0n) is 27.1. The third-order valence-electron chi connectivity index (χ3n) is 6.94. The Balaban J connectivity index is 1.56. The summed E-state index contributed by atoms with van der Waals surface area (Å²) in [6.45, 7) is -0.369. The molecule has 29 heteroatoms. The summed E-state index contributed by atoms with van der Waals surface area (Å²) >= 11 is 6.25. The number of nitrogens with zero attached hydrogens (tertiary/aromatic N) is 5. The second-order valence-electron chi connectivity index (χ2n) is 10.6. The van der Waals surface area contributed by atoms with Crippen LogP contribution < -0.4 is 10.6 Å². The van der Waals surface area contributed by atoms with Crippen molar-refractivity contribution in [2.24, 2.45) is 10.2 Å². The van der Waals surface area contributed by atoms with Crippen LogP contribution in [-0.2, 0) is 53.7 Å². The largest absolute Gasteiger partial charge is 0.505 e. The van der Waals surface area contributed by atoms with Gasteiger partial charge >= 0.3 is 0 Å². The molecule has 0 unspecified atom stereocenters. The number of phenols is 1. The zero-order chi connectivity index (χ0) is 41.1. The molecule has 298 valence electrons. The zero-order valence-corrected chi connectivity index (χ0v) is 32.0. The monoisotopic (exact) mass is 895 g/mol. The van der Waals surface area contributed by atoms with Gasteiger partial charge in [0.15, 0.2) is 27.9 Å². The van der Waals surface area contributed by atoms with Gasteiger partial charge in [0, 0.05) is 11.1 Å². The number of aromatic hydroxyl groups is 1. The molecule has 0 saturated heterocycles. The van der Waals surface area contributed by atoms with Gasteiger partial charge in [0.05, 0.1) is 38.4 Å². The third kappa shape index (κ3) is 10.6. The number of aromatic nitrogens is 3. The summed E-state index contributed by atoms with van der Waals surface area (Å²) in [5.41, 5.74) is -1.32. The number of hydrogen-bond acceptors (Lipinski definition) is 21. The fourth-order valence-corrected chi connectivity index (χ4v) is 7.90. The van der Waals surface area contributed by atoms with Gasteiger partial charge in [-0.3, -0.25) is 17.8 Å². The Morgan fingerprint density at radius 2 is 1.41 bits per heavy atom. The van der Waals surface area contributed by atoms with Gasteiger partial charge in [0.1, 0.15) is 10.6 Å². The number of hydrogen-bond donors (Lipinski definition) is 7. The molecule has 1 heterocycles. The Kier molecular flexibility index (Phi) is 12.7. The Morgan fingerprint density at radius 1 is 0.750 bits per heavy atom. The molecule has 0 spiro atoms. The van der Waals surface area contributed by atoms with Crippen molar-refractivity contribution < 1.29 is 71.2 Å². The molecule has 0 saturated carbocycles. The van der Waals surface area contributed by atoms with Crippen molar-refractivity contribution in [2.45, 2.75) is 19.6 Å². The summed E-state index contributed by atoms with van der Waals surface area (Å²) < 4.78 is 136. The molecule has 0 atom stereocenters. The molecule has 0 bridgehead atoms. The molecular formula is C27H22ClN7O16S5. The van der Waals surface area contributed by atoms with Gasteiger partial charge in [-0.25, -0.2) is 13.7 Å². The molecule has 0 aliphatic carbocycles. The van der Waals surface area contributed by atoms with Crippen LogP contribution >= 0.6 is 23.9 Å². The van der Waals surface area contributed by atoms with E-state index in [-0.39, 0.29) is 46.5 Å². The predicted molar refractivity (Wildman–Crippen MR) is 194 cm³/mol. The molecule has 5 rings (SSSR count). The van der Waals surface area contributed by atoms with Gasteiger partial charge < -0.3 is 15.7 Å². The third-order valence-corrected chi connectivity index (χ3v) is 11.7. The van der Waals surface area contributed by atoms with Crippen LogP contribution in [0.2, 0.25) is 5.28 Å². The van der Waals surface area contributed by atoms with Crippen molar-refractivity contribution in [3.8, 4) is 5.75 Å². The smallest absolute Gasteiger partial charge is 0.296 e. The van der Waals surface area contributed by atoms with E-state index in [0.29, 0.717) is 6.07 Å². The van der Waals surface area contributed by atoms with E-state index in [1.807, 2.05) is 0 Å². The van der Waals surface area contributed by atoms with Crippen LogP contribution in [0.5, 0.6) is 5.75 Å². The lowest BCUT2D eigenvalue weighted by Crippen LogP contribution is -2.10. The quantitative estimate of drug-likeness (QED) is 0.0175. The molecule has 0 fully saturated rings. The van der Waals surface area contributed by atoms with Gasteiger partial charge in [-0.2, -0.15) is 45.3 Å². The van der Waals surface area contributed by atoms with Crippen LogP contribution in [0, 0.1) is 0 Å². The van der Waals surface area contributed by atoms with E-state index < -0.39 is 94.4 Å². The van der Waals surface area contributed by atoms with E-state index in [1.165, 1.54) is 24.3 Å². The molecule has 4 aromatic carbocycles. The number of anilines is 4. The number of halogens is 1. The highest BCUT2D eigenvalue weighted by molar-refractivity contribution is 7.91. The average Bonchev–Trinajstić information content (AvgIpc) is 3.09. The Labute approximate surface area is 324 Å². The predicted octanol–water partition coefficient (Wildman–Crippen LogP) is 4.80. The standard InChI is InChI=1S/C27H22ClN7O16S5/c28-25-31-26(29-16-2-1-3-18(12-16)54(40,41)42)33-27(32-25)30-20-13-19(55(43,44)45)10-14-11-21(56(46,47)48)23(24(36)22(14)20)35-34-15-4-6-17(7-5-15)53(38,39)9-8-49-52-51-50-37/h1-7,10-13,36-37H,8-9H2,(H,40,41,42)(H,43,44,45)(H,46,47,48)(H2,29,30,31,32,33). The summed E-state index contributed by atoms with van der Waals surface area (Å²) in [4.78, 5) is 9.23. The molecule has 56 heavy (non-hydrogen) atoms. The van der Waals surface area contributed by atoms with E-state index in [1.54, 1.807) is 0 Å². The maximum Gasteiger partial charge on any atom is 0.296 e. The number of nitrogens with one attached hydrogen (secondary N) is 2. The second-order valence-corrected chi connectivity index (χ2v) is 17.8. The fraction of sp³-hybridized carbons (Fsp3) is 0.0741. The fourth-order valence-electron chi connectivity index (χ4n) is 4.60. The Hall–Kier alpha value is -4.69. The van der Waals surface area contributed by atoms with Gasteiger partial charge in [0.25, 0.3) is 30.4 Å². The number of fused-ring (bicyclic) bond motifs is 1. The minimum absolute atomic E-state index is 0.0550. The summed E-state index contributed by atoms with van der Waals surface area (Å²) in [5, 5.41) is 34.4. The maximum absolute atomic E-state index is 12.6. The molecule has 1 aromatic heterocycles. The summed E-state index contributed by atoms with van der Waals surface area (Å²) in [7, 11) is -18.8. The molecule has 0 radical (unpaired) electrons. The van der Waals surface area contributed by atoms with E-state index in [2.05, 4.69) is 45.2 Å². The number of phenolic OH excluding ortho intramolecular Hbond substituents is 1. The topological polar surface area (TPSA) is 353 Å². The van der Waals surface area contributed by atoms with E-state index in [9.17, 15) is 52.4 Å². The summed E-state index contributed by atoms with van der Waals surface area (Å²) in [6, 6.07) is 11.7. The van der Waals surface area contributed by atoms with Crippen molar-refractivity contribution in [3.63, 3.8) is 0 Å². The maximum atomic E-state index is 12.6. The van der Waals surface area contributed by atoms with Crippen LogP contribution in [0.1, 0.15) is 0 Å². The first-order chi connectivity index (χ1) is 26.2. The van der Waals surface area contributed by atoms with Gasteiger partial charge in [-0.05, 0) is 77.7 Å². The molecular weight excluding hydrogens is 874 g/mol. The minimum atomic E-state index is -5.25. The number of sulfone groups is 1. The van der Waals surface area contributed by atoms with Crippen molar-refractivity contribution in [3.05, 3.63) is 72.0 Å². The minimum Gasteiger partial charge on any atom is -0.505 e. The van der Waals surface area contributed by atoms with Crippen LogP contribution in [-0.4, -0.2) is 85.0 Å². The highest BCUT2D eigenvalue weighted by atomic mass is 35.5. The average molecular weight is 896 g/mol. The Morgan fingerprint density at radius 3 is 2.04 bits per heavy atom. The molecule has 23 nitrogen and oxygen atoms in total. The van der Waals surface area contributed by atoms with Crippen LogP contribution in [0.3, 0.4) is 0 Å². The first kappa shape index (κ1) is 42.5. The first-order valence-electron chi connectivity index (χ1n) is 14.5. The number of rotatable bonds is 16. The van der Waals surface area contributed by atoms with Crippen molar-refractivity contribution >= 4 is 110 Å². The van der Waals surface area contributed by atoms with Gasteiger partial charge in [-0.15, -0.1) is 9.45 Å². The molecule has 5 aromatic rings. The lowest BCUT2D eigenvalue weighted by Gasteiger charge is -2.15. The lowest BCUT2D eigenvalue weighted by molar-refractivity contribution is -0.434. The number of azo groups is 1. The molecule has 0 aliphatic rings. The summed E-state index contributed by atoms with van der Waals surface area (Å²) in [6.07, 6.45) is 0. The second kappa shape index (κ2) is 16.8. The van der Waals surface area contributed by atoms with Crippen molar-refractivity contribution in [1.29, 1.82) is 0 Å². The highest BCUT2D eigenvalue weighted by Gasteiger charge is 2.26. The van der Waals surface area contributed by atoms with Crippen molar-refractivity contribution in [2.75, 3.05) is 23.0 Å². The lowest BCUT2D eigenvalue weighted by atomic mass is 10.1. The van der Waals surface area contributed by atoms with E-state index in [0.717, 1.165) is 36.4 Å². The SMILES string of the molecule is O=S(=O)(O)c1cccc(Nc2nc(Cl)nc(Nc3cc(S(=O)(=O)O)cc4cc(S(=O)(=O)O)c(N=Nc5ccc(S(=O)(=O)CCOSOOO)cc5)c(O)c34)n2)c1. The summed E-state index contributed by atoms with van der Waals surface area (Å²) in [5.74, 6) is -2.32. The van der Waals surface area contributed by atoms with E-state index in [4.69, 9.17) is 21.0 Å². The molecule has 0 amide bonds.